The molecule has 0 radical (unpaired) electrons. The molecular formula is C28H23F4N3O3S. The lowest BCUT2D eigenvalue weighted by atomic mass is 9.76. The van der Waals surface area contributed by atoms with E-state index in [-0.39, 0.29) is 29.2 Å². The summed E-state index contributed by atoms with van der Waals surface area (Å²) < 4.78 is 62.7. The Morgan fingerprint density at radius 3 is 2.38 bits per heavy atom. The third kappa shape index (κ3) is 5.43. The SMILES string of the molecule is COc1cc(N2C(SCc3c(F)cc(C(=O)O)cc3F)=NCC2C(C)(C)c2ccc(F)c(C#N)c2)ccc1F. The number of anilines is 1. The molecule has 1 unspecified atom stereocenters. The predicted molar refractivity (Wildman–Crippen MR) is 140 cm³/mol. The highest BCUT2D eigenvalue weighted by Crippen LogP contribution is 2.40. The Morgan fingerprint density at radius 1 is 1.10 bits per heavy atom. The molecular weight excluding hydrogens is 534 g/mol. The van der Waals surface area contributed by atoms with Gasteiger partial charge in [-0.2, -0.15) is 5.26 Å². The monoisotopic (exact) mass is 557 g/mol. The molecule has 0 saturated heterocycles. The number of nitriles is 1. The molecule has 11 heteroatoms. The van der Waals surface area contributed by atoms with Crippen LogP contribution in [0.5, 0.6) is 5.75 Å². The average molecular weight is 558 g/mol. The van der Waals surface area contributed by atoms with Crippen LogP contribution in [0.15, 0.2) is 53.5 Å². The summed E-state index contributed by atoms with van der Waals surface area (Å²) in [6.07, 6.45) is 0. The van der Waals surface area contributed by atoms with E-state index in [2.05, 4.69) is 4.99 Å². The molecule has 4 rings (SSSR count). The largest absolute Gasteiger partial charge is 0.494 e. The van der Waals surface area contributed by atoms with Crippen LogP contribution < -0.4 is 9.64 Å². The van der Waals surface area contributed by atoms with Crippen LogP contribution in [-0.2, 0) is 11.2 Å². The summed E-state index contributed by atoms with van der Waals surface area (Å²) in [5, 5.41) is 18.8. The number of aromatic carboxylic acids is 1. The molecule has 1 heterocycles. The number of rotatable bonds is 7. The van der Waals surface area contributed by atoms with E-state index < -0.39 is 46.3 Å². The van der Waals surface area contributed by atoms with Crippen molar-refractivity contribution in [3.05, 3.63) is 94.1 Å². The van der Waals surface area contributed by atoms with E-state index in [1.54, 1.807) is 11.0 Å². The highest BCUT2D eigenvalue weighted by Gasteiger charge is 2.42. The predicted octanol–water partition coefficient (Wildman–Crippen LogP) is 6.28. The molecule has 1 N–H and O–H groups in total. The number of hydrogen-bond donors (Lipinski definition) is 1. The Morgan fingerprint density at radius 2 is 1.77 bits per heavy atom. The van der Waals surface area contributed by atoms with Crippen molar-refractivity contribution in [2.45, 2.75) is 31.1 Å². The number of carbonyl (C=O) groups is 1. The highest BCUT2D eigenvalue weighted by atomic mass is 32.2. The van der Waals surface area contributed by atoms with Crippen LogP contribution in [0, 0.1) is 34.6 Å². The van der Waals surface area contributed by atoms with Crippen molar-refractivity contribution >= 4 is 28.6 Å². The van der Waals surface area contributed by atoms with Gasteiger partial charge in [0, 0.05) is 28.5 Å². The number of nitrogens with zero attached hydrogens (tertiary/aromatic N) is 3. The highest BCUT2D eigenvalue weighted by molar-refractivity contribution is 8.13. The van der Waals surface area contributed by atoms with Gasteiger partial charge in [0.15, 0.2) is 16.7 Å². The quantitative estimate of drug-likeness (QED) is 0.345. The molecule has 3 aromatic carbocycles. The number of ether oxygens (including phenoxy) is 1. The topological polar surface area (TPSA) is 85.9 Å². The molecule has 0 spiro atoms. The van der Waals surface area contributed by atoms with E-state index in [4.69, 9.17) is 9.84 Å². The smallest absolute Gasteiger partial charge is 0.335 e. The molecule has 1 aliphatic rings. The minimum absolute atomic E-state index is 0.0183. The molecule has 0 aliphatic carbocycles. The van der Waals surface area contributed by atoms with Crippen molar-refractivity contribution < 1.29 is 32.2 Å². The molecule has 1 aliphatic heterocycles. The van der Waals surface area contributed by atoms with Crippen molar-refractivity contribution in [3.8, 4) is 11.8 Å². The first-order valence-corrected chi connectivity index (χ1v) is 12.7. The lowest BCUT2D eigenvalue weighted by molar-refractivity contribution is 0.0695. The van der Waals surface area contributed by atoms with E-state index in [1.165, 1.54) is 37.4 Å². The first kappa shape index (κ1) is 28.0. The third-order valence-electron chi connectivity index (χ3n) is 6.73. The second-order valence-electron chi connectivity index (χ2n) is 9.37. The zero-order valence-electron chi connectivity index (χ0n) is 21.1. The summed E-state index contributed by atoms with van der Waals surface area (Å²) in [4.78, 5) is 17.5. The van der Waals surface area contributed by atoms with Crippen LogP contribution in [0.2, 0.25) is 0 Å². The zero-order valence-corrected chi connectivity index (χ0v) is 22.0. The van der Waals surface area contributed by atoms with Gasteiger partial charge < -0.3 is 14.7 Å². The first-order chi connectivity index (χ1) is 18.5. The van der Waals surface area contributed by atoms with Crippen LogP contribution in [0.4, 0.5) is 23.2 Å². The molecule has 0 saturated carbocycles. The Bertz CT molecular complexity index is 1500. The molecule has 0 bridgehead atoms. The van der Waals surface area contributed by atoms with Gasteiger partial charge in [-0.05, 0) is 42.0 Å². The van der Waals surface area contributed by atoms with Crippen LogP contribution in [-0.4, -0.2) is 35.9 Å². The van der Waals surface area contributed by atoms with Gasteiger partial charge in [-0.15, -0.1) is 0 Å². The number of thioether (sulfide) groups is 1. The number of carboxylic acids is 1. The number of aliphatic imine (C=N–C) groups is 1. The maximum absolute atomic E-state index is 14.6. The van der Waals surface area contributed by atoms with E-state index in [0.717, 1.165) is 23.9 Å². The third-order valence-corrected chi connectivity index (χ3v) is 7.74. The summed E-state index contributed by atoms with van der Waals surface area (Å²) in [6, 6.07) is 11.4. The summed E-state index contributed by atoms with van der Waals surface area (Å²) in [5.41, 5.74) is -0.502. The fourth-order valence-electron chi connectivity index (χ4n) is 4.42. The molecule has 0 fully saturated rings. The van der Waals surface area contributed by atoms with Crippen LogP contribution in [0.3, 0.4) is 0 Å². The summed E-state index contributed by atoms with van der Waals surface area (Å²) in [6.45, 7) is 4.02. The van der Waals surface area contributed by atoms with E-state index in [9.17, 15) is 27.6 Å². The van der Waals surface area contributed by atoms with Crippen LogP contribution in [0.1, 0.15) is 40.9 Å². The average Bonchev–Trinajstić information content (AvgIpc) is 3.33. The second-order valence-corrected chi connectivity index (χ2v) is 10.3. The van der Waals surface area contributed by atoms with Crippen molar-refractivity contribution in [3.63, 3.8) is 0 Å². The molecule has 3 aromatic rings. The number of hydrogen-bond acceptors (Lipinski definition) is 6. The van der Waals surface area contributed by atoms with Crippen molar-refractivity contribution in [2.24, 2.45) is 4.99 Å². The standard InChI is InChI=1S/C28H23F4N3O3S/c1-28(2,17-4-6-20(29)16(8-17)12-33)25-13-34-27(35(25)18-5-7-21(30)24(11-18)38-3)39-14-19-22(31)9-15(26(36)37)10-23(19)32/h4-11,25H,13-14H2,1-3H3,(H,36,37). The minimum Gasteiger partial charge on any atom is -0.494 e. The maximum Gasteiger partial charge on any atom is 0.335 e. The lowest BCUT2D eigenvalue weighted by Gasteiger charge is -2.39. The zero-order chi connectivity index (χ0) is 28.5. The molecule has 6 nitrogen and oxygen atoms in total. The Hall–Kier alpha value is -4.04. The minimum atomic E-state index is -1.45. The number of halogens is 4. The van der Waals surface area contributed by atoms with Gasteiger partial charge in [0.05, 0.1) is 30.8 Å². The first-order valence-electron chi connectivity index (χ1n) is 11.7. The number of methoxy groups -OCH3 is 1. The van der Waals surface area contributed by atoms with Crippen LogP contribution >= 0.6 is 11.8 Å². The van der Waals surface area contributed by atoms with E-state index >= 15 is 0 Å². The van der Waals surface area contributed by atoms with Crippen molar-refractivity contribution in [1.29, 1.82) is 5.26 Å². The molecule has 0 amide bonds. The normalized spacial score (nSPS) is 15.2. The van der Waals surface area contributed by atoms with Gasteiger partial charge in [0.1, 0.15) is 23.5 Å². The molecule has 39 heavy (non-hydrogen) atoms. The van der Waals surface area contributed by atoms with Crippen molar-refractivity contribution in [1.82, 2.24) is 0 Å². The number of benzene rings is 3. The lowest BCUT2D eigenvalue weighted by Crippen LogP contribution is -2.48. The maximum atomic E-state index is 14.6. The number of carboxylic acid groups (broad SMARTS) is 1. The molecule has 0 aromatic heterocycles. The fraction of sp³-hybridized carbons (Fsp3) is 0.250. The summed E-state index contributed by atoms with van der Waals surface area (Å²) in [7, 11) is 1.33. The summed E-state index contributed by atoms with van der Waals surface area (Å²) in [5.74, 6) is -4.89. The summed E-state index contributed by atoms with van der Waals surface area (Å²) >= 11 is 1.03. The Labute approximate surface area is 226 Å². The number of amidine groups is 1. The molecule has 1 atom stereocenters. The van der Waals surface area contributed by atoms with Gasteiger partial charge in [0.2, 0.25) is 0 Å². The molecule has 202 valence electrons. The van der Waals surface area contributed by atoms with Gasteiger partial charge in [-0.3, -0.25) is 4.99 Å². The Balaban J connectivity index is 1.72. The van der Waals surface area contributed by atoms with Gasteiger partial charge in [0.25, 0.3) is 0 Å². The van der Waals surface area contributed by atoms with E-state index in [0.29, 0.717) is 16.4 Å². The van der Waals surface area contributed by atoms with Gasteiger partial charge in [-0.1, -0.05) is 31.7 Å². The second kappa shape index (κ2) is 11.0. The van der Waals surface area contributed by atoms with Crippen molar-refractivity contribution in [2.75, 3.05) is 18.6 Å². The van der Waals surface area contributed by atoms with Gasteiger partial charge >= 0.3 is 5.97 Å². The van der Waals surface area contributed by atoms with Gasteiger partial charge in [-0.25, -0.2) is 22.4 Å². The van der Waals surface area contributed by atoms with E-state index in [1.807, 2.05) is 19.9 Å². The Kier molecular flexibility index (Phi) is 7.88. The fourth-order valence-corrected chi connectivity index (χ4v) is 5.50. The van der Waals surface area contributed by atoms with Crippen LogP contribution in [0.25, 0.3) is 0 Å².